The molecule has 0 saturated carbocycles. The van der Waals surface area contributed by atoms with Crippen molar-refractivity contribution < 1.29 is 15.6 Å². The highest BCUT2D eigenvalue weighted by Gasteiger charge is 2.26. The van der Waals surface area contributed by atoms with E-state index in [1.807, 2.05) is 135 Å². The zero-order valence-corrected chi connectivity index (χ0v) is 23.6. The van der Waals surface area contributed by atoms with Crippen LogP contribution < -0.4 is 15.2 Å². The van der Waals surface area contributed by atoms with E-state index in [1.165, 1.54) is 0 Å². The lowest BCUT2D eigenvalue weighted by Gasteiger charge is -2.30. The van der Waals surface area contributed by atoms with Crippen LogP contribution in [0.3, 0.4) is 0 Å². The Morgan fingerprint density at radius 3 is 0.757 bits per heavy atom. The fourth-order valence-corrected chi connectivity index (χ4v) is 4.15. The summed E-state index contributed by atoms with van der Waals surface area (Å²) in [4.78, 5) is 0. The third kappa shape index (κ3) is 6.63. The molecule has 0 amide bonds. The molecule has 0 unspecified atom stereocenters. The van der Waals surface area contributed by atoms with E-state index in [1.54, 1.807) is 0 Å². The summed E-state index contributed by atoms with van der Waals surface area (Å²) < 4.78 is 0. The van der Waals surface area contributed by atoms with Gasteiger partial charge in [0.1, 0.15) is 0 Å². The normalized spacial score (nSPS) is 12.6. The van der Waals surface area contributed by atoms with Gasteiger partial charge in [0.05, 0.1) is 33.7 Å². The summed E-state index contributed by atoms with van der Waals surface area (Å²) in [5, 5.41) is 41.1. The van der Waals surface area contributed by atoms with Gasteiger partial charge in [-0.3, -0.25) is 0 Å². The van der Waals surface area contributed by atoms with E-state index in [-0.39, 0.29) is 5.92 Å². The van der Waals surface area contributed by atoms with E-state index >= 15 is 0 Å². The van der Waals surface area contributed by atoms with Crippen molar-refractivity contribution in [1.29, 1.82) is 0 Å². The fraction of sp³-hybridized carbons (Fsp3) is 0.419. The fourth-order valence-electron chi connectivity index (χ4n) is 4.15. The molecule has 3 rings (SSSR count). The standard InChI is InChI=1S/C31H40N3O3/c1-29(2,3)32(35)25-16-10-22(11-17-25)28(23-12-18-26(19-13-23)33(36)30(4,5)6)24-14-20-27(21-15-24)34(37)31(7,8)9/h10-21,28H,1-9H3. The summed E-state index contributed by atoms with van der Waals surface area (Å²) in [6.07, 6.45) is 0. The SMILES string of the molecule is CC(C)(C)N([O])c1ccc(C(c2ccc(N([O])C(C)(C)C)cc2)c2ccc(N([O])C(C)(C)C)cc2)cc1. The van der Waals surface area contributed by atoms with Crippen LogP contribution in [0.25, 0.3) is 0 Å². The zero-order valence-electron chi connectivity index (χ0n) is 23.6. The van der Waals surface area contributed by atoms with Crippen LogP contribution in [0.1, 0.15) is 84.9 Å². The highest BCUT2D eigenvalue weighted by Crippen LogP contribution is 2.36. The van der Waals surface area contributed by atoms with Crippen LogP contribution in [0.5, 0.6) is 0 Å². The maximum Gasteiger partial charge on any atom is 0.0674 e. The molecule has 0 bridgehead atoms. The number of benzene rings is 3. The second kappa shape index (κ2) is 10.4. The average molecular weight is 503 g/mol. The number of anilines is 3. The molecule has 3 radical (unpaired) electrons. The molecule has 0 N–H and O–H groups in total. The molecule has 0 saturated heterocycles. The number of nitrogens with zero attached hydrogens (tertiary/aromatic N) is 3. The predicted octanol–water partition coefficient (Wildman–Crippen LogP) is 7.72. The summed E-state index contributed by atoms with van der Waals surface area (Å²) in [5.41, 5.74) is 3.20. The van der Waals surface area contributed by atoms with Crippen LogP contribution in [0.4, 0.5) is 17.1 Å². The predicted molar refractivity (Wildman–Crippen MR) is 149 cm³/mol. The molecule has 6 nitrogen and oxygen atoms in total. The summed E-state index contributed by atoms with van der Waals surface area (Å²) in [6.45, 7) is 16.9. The van der Waals surface area contributed by atoms with E-state index in [0.717, 1.165) is 31.9 Å². The minimum atomic E-state index is -0.541. The summed E-state index contributed by atoms with van der Waals surface area (Å²) in [7, 11) is 0. The van der Waals surface area contributed by atoms with E-state index in [9.17, 15) is 15.6 Å². The smallest absolute Gasteiger partial charge is 0.0674 e. The van der Waals surface area contributed by atoms with Crippen molar-refractivity contribution in [1.82, 2.24) is 0 Å². The zero-order chi connectivity index (χ0) is 27.8. The molecule has 0 heterocycles. The van der Waals surface area contributed by atoms with Gasteiger partial charge in [-0.15, -0.1) is 0 Å². The van der Waals surface area contributed by atoms with Crippen LogP contribution in [-0.4, -0.2) is 16.6 Å². The molecule has 0 fully saturated rings. The van der Waals surface area contributed by atoms with Gasteiger partial charge < -0.3 is 0 Å². The Bertz CT molecular complexity index is 1000. The third-order valence-electron chi connectivity index (χ3n) is 6.21. The Labute approximate surface area is 222 Å². The van der Waals surface area contributed by atoms with Crippen molar-refractivity contribution in [2.45, 2.75) is 84.8 Å². The molecule has 37 heavy (non-hydrogen) atoms. The molecule has 0 aliphatic heterocycles. The van der Waals surface area contributed by atoms with E-state index in [0.29, 0.717) is 17.1 Å². The Morgan fingerprint density at radius 1 is 0.405 bits per heavy atom. The van der Waals surface area contributed by atoms with E-state index in [4.69, 9.17) is 0 Å². The van der Waals surface area contributed by atoms with Gasteiger partial charge in [0, 0.05) is 5.92 Å². The van der Waals surface area contributed by atoms with E-state index < -0.39 is 16.6 Å². The second-order valence-corrected chi connectivity index (χ2v) is 12.6. The van der Waals surface area contributed by atoms with Gasteiger partial charge in [0.2, 0.25) is 0 Å². The molecule has 6 heteroatoms. The van der Waals surface area contributed by atoms with Gasteiger partial charge in [-0.2, -0.15) is 0 Å². The van der Waals surface area contributed by atoms with Crippen molar-refractivity contribution in [2.75, 3.05) is 15.2 Å². The van der Waals surface area contributed by atoms with Gasteiger partial charge >= 0.3 is 0 Å². The molecule has 0 aliphatic rings. The molecular weight excluding hydrogens is 462 g/mol. The van der Waals surface area contributed by atoms with Crippen LogP contribution in [0.15, 0.2) is 72.8 Å². The first kappa shape index (κ1) is 28.5. The second-order valence-electron chi connectivity index (χ2n) is 12.6. The summed E-state index contributed by atoms with van der Waals surface area (Å²) in [6, 6.07) is 22.9. The monoisotopic (exact) mass is 502 g/mol. The van der Waals surface area contributed by atoms with Gasteiger partial charge in [-0.1, -0.05) is 52.0 Å². The molecular formula is C31H40N3O3. The maximum absolute atomic E-state index is 12.7. The van der Waals surface area contributed by atoms with Crippen LogP contribution in [0.2, 0.25) is 0 Å². The molecule has 0 aromatic heterocycles. The molecule has 0 atom stereocenters. The van der Waals surface area contributed by atoms with E-state index in [2.05, 4.69) is 0 Å². The number of hydrogen-bond acceptors (Lipinski definition) is 3. The number of hydroxylamine groups is 3. The molecule has 0 spiro atoms. The maximum atomic E-state index is 12.7. The van der Waals surface area contributed by atoms with Gasteiger partial charge in [0.15, 0.2) is 0 Å². The lowest BCUT2D eigenvalue weighted by Crippen LogP contribution is -2.37. The topological polar surface area (TPSA) is 69.4 Å². The van der Waals surface area contributed by atoms with Crippen molar-refractivity contribution in [2.24, 2.45) is 0 Å². The van der Waals surface area contributed by atoms with Crippen molar-refractivity contribution in [3.8, 4) is 0 Å². The lowest BCUT2D eigenvalue weighted by atomic mass is 9.84. The Hall–Kier alpha value is -3.06. The minimum Gasteiger partial charge on any atom is -0.215 e. The molecule has 3 aromatic rings. The van der Waals surface area contributed by atoms with Crippen LogP contribution in [-0.2, 0) is 15.6 Å². The first-order chi connectivity index (χ1) is 17.0. The number of hydrogen-bond donors (Lipinski definition) is 0. The van der Waals surface area contributed by atoms with Crippen LogP contribution in [0, 0.1) is 0 Å². The Morgan fingerprint density at radius 2 is 0.595 bits per heavy atom. The highest BCUT2D eigenvalue weighted by atomic mass is 16.5. The molecule has 0 aliphatic carbocycles. The third-order valence-corrected chi connectivity index (χ3v) is 6.21. The highest BCUT2D eigenvalue weighted by molar-refractivity contribution is 5.55. The minimum absolute atomic E-state index is 0.142. The van der Waals surface area contributed by atoms with Crippen molar-refractivity contribution >= 4 is 17.1 Å². The van der Waals surface area contributed by atoms with Crippen molar-refractivity contribution in [3.05, 3.63) is 89.5 Å². The average Bonchev–Trinajstić information content (AvgIpc) is 2.82. The first-order valence-electron chi connectivity index (χ1n) is 12.7. The Kier molecular flexibility index (Phi) is 7.99. The molecule has 197 valence electrons. The first-order valence-corrected chi connectivity index (χ1v) is 12.7. The summed E-state index contributed by atoms with van der Waals surface area (Å²) >= 11 is 0. The lowest BCUT2D eigenvalue weighted by molar-refractivity contribution is 0.102. The van der Waals surface area contributed by atoms with Crippen molar-refractivity contribution in [3.63, 3.8) is 0 Å². The quantitative estimate of drug-likeness (QED) is 0.256. The summed E-state index contributed by atoms with van der Waals surface area (Å²) in [5.74, 6) is -0.142. The number of rotatable bonds is 6. The van der Waals surface area contributed by atoms with Gasteiger partial charge in [-0.25, -0.2) is 15.2 Å². The molecule has 3 aromatic carbocycles. The largest absolute Gasteiger partial charge is 0.215 e. The Balaban J connectivity index is 2.04. The van der Waals surface area contributed by atoms with Crippen LogP contribution >= 0.6 is 0 Å². The van der Waals surface area contributed by atoms with Gasteiger partial charge in [-0.05, 0) is 115 Å². The van der Waals surface area contributed by atoms with Gasteiger partial charge in [0.25, 0.3) is 0 Å².